The highest BCUT2D eigenvalue weighted by atomic mass is 16.5. The van der Waals surface area contributed by atoms with Crippen LogP contribution in [0.5, 0.6) is 0 Å². The molecule has 1 aliphatic rings. The van der Waals surface area contributed by atoms with Gasteiger partial charge in [0, 0.05) is 25.2 Å². The van der Waals surface area contributed by atoms with Gasteiger partial charge < -0.3 is 10.1 Å². The van der Waals surface area contributed by atoms with Crippen LogP contribution in [0.25, 0.3) is 0 Å². The van der Waals surface area contributed by atoms with Crippen LogP contribution >= 0.6 is 0 Å². The fraction of sp³-hybridized carbons (Fsp3) is 0.647. The Hall–Kier alpha value is -0.860. The second kappa shape index (κ2) is 6.53. The van der Waals surface area contributed by atoms with Gasteiger partial charge in [-0.1, -0.05) is 44.2 Å². The van der Waals surface area contributed by atoms with Crippen LogP contribution in [0.2, 0.25) is 0 Å². The second-order valence-electron chi connectivity index (χ2n) is 5.82. The number of ether oxygens (including phenoxy) is 1. The maximum absolute atomic E-state index is 5.25. The van der Waals surface area contributed by atoms with Crippen LogP contribution in [0.1, 0.15) is 38.7 Å². The Balaban J connectivity index is 2.14. The van der Waals surface area contributed by atoms with E-state index in [0.717, 1.165) is 19.6 Å². The van der Waals surface area contributed by atoms with Gasteiger partial charge in [0.2, 0.25) is 0 Å². The predicted molar refractivity (Wildman–Crippen MR) is 80.5 cm³/mol. The fourth-order valence-electron chi connectivity index (χ4n) is 3.32. The van der Waals surface area contributed by atoms with Crippen LogP contribution in [-0.4, -0.2) is 26.3 Å². The first-order chi connectivity index (χ1) is 9.24. The van der Waals surface area contributed by atoms with Crippen molar-refractivity contribution in [2.45, 2.75) is 44.6 Å². The molecule has 1 N–H and O–H groups in total. The second-order valence-corrected chi connectivity index (χ2v) is 5.82. The molecule has 0 spiro atoms. The summed E-state index contributed by atoms with van der Waals surface area (Å²) in [6.45, 7) is 6.46. The Morgan fingerprint density at radius 1 is 1.26 bits per heavy atom. The highest BCUT2D eigenvalue weighted by molar-refractivity contribution is 5.34. The van der Waals surface area contributed by atoms with E-state index in [1.807, 2.05) is 0 Å². The lowest BCUT2D eigenvalue weighted by atomic mass is 9.80. The average molecular weight is 261 g/mol. The van der Waals surface area contributed by atoms with Crippen molar-refractivity contribution in [3.63, 3.8) is 0 Å². The molecule has 0 radical (unpaired) electrons. The molecule has 0 bridgehead atoms. The largest absolute Gasteiger partial charge is 0.385 e. The molecule has 1 saturated carbocycles. The Morgan fingerprint density at radius 2 is 1.95 bits per heavy atom. The van der Waals surface area contributed by atoms with Gasteiger partial charge in [-0.2, -0.15) is 0 Å². The highest BCUT2D eigenvalue weighted by Crippen LogP contribution is 2.53. The van der Waals surface area contributed by atoms with Gasteiger partial charge in [0.15, 0.2) is 0 Å². The Labute approximate surface area is 117 Å². The summed E-state index contributed by atoms with van der Waals surface area (Å²) < 4.78 is 5.25. The van der Waals surface area contributed by atoms with Gasteiger partial charge in [0.05, 0.1) is 0 Å². The van der Waals surface area contributed by atoms with Gasteiger partial charge in [0.25, 0.3) is 0 Å². The SMILES string of the molecule is CCNC(C(C)CCOC)C1(c2ccccc2)CC1. The Morgan fingerprint density at radius 3 is 2.47 bits per heavy atom. The van der Waals surface area contributed by atoms with Crippen LogP contribution < -0.4 is 5.32 Å². The smallest absolute Gasteiger partial charge is 0.0465 e. The molecule has 1 aromatic rings. The molecule has 0 aliphatic heterocycles. The first kappa shape index (κ1) is 14.5. The zero-order valence-corrected chi connectivity index (χ0v) is 12.5. The maximum atomic E-state index is 5.25. The van der Waals surface area contributed by atoms with Crippen LogP contribution in [0.15, 0.2) is 30.3 Å². The summed E-state index contributed by atoms with van der Waals surface area (Å²) in [5.41, 5.74) is 1.87. The number of benzene rings is 1. The molecular formula is C17H27NO. The van der Waals surface area contributed by atoms with Crippen LogP contribution in [0.4, 0.5) is 0 Å². The van der Waals surface area contributed by atoms with Crippen molar-refractivity contribution in [3.8, 4) is 0 Å². The van der Waals surface area contributed by atoms with E-state index in [1.165, 1.54) is 18.4 Å². The minimum atomic E-state index is 0.366. The van der Waals surface area contributed by atoms with Crippen LogP contribution in [0, 0.1) is 5.92 Å². The summed E-state index contributed by atoms with van der Waals surface area (Å²) in [6.07, 6.45) is 3.75. The number of likely N-dealkylation sites (N-methyl/N-ethyl adjacent to an activating group) is 1. The molecule has 0 aromatic heterocycles. The van der Waals surface area contributed by atoms with Crippen molar-refractivity contribution in [2.24, 2.45) is 5.92 Å². The lowest BCUT2D eigenvalue weighted by molar-refractivity contribution is 0.163. The van der Waals surface area contributed by atoms with E-state index in [-0.39, 0.29) is 0 Å². The molecule has 2 heteroatoms. The number of methoxy groups -OCH3 is 1. The minimum absolute atomic E-state index is 0.366. The summed E-state index contributed by atoms with van der Waals surface area (Å²) in [4.78, 5) is 0. The number of rotatable bonds is 8. The molecule has 2 rings (SSSR count). The molecule has 0 saturated heterocycles. The first-order valence-corrected chi connectivity index (χ1v) is 7.52. The third kappa shape index (κ3) is 3.18. The standard InChI is InChI=1S/C17H27NO/c1-4-18-16(14(2)10-13-19-3)17(11-12-17)15-8-6-5-7-9-15/h5-9,14,16,18H,4,10-13H2,1-3H3. The first-order valence-electron chi connectivity index (χ1n) is 7.52. The molecule has 19 heavy (non-hydrogen) atoms. The molecule has 2 nitrogen and oxygen atoms in total. The zero-order valence-electron chi connectivity index (χ0n) is 12.5. The lowest BCUT2D eigenvalue weighted by Crippen LogP contribution is -2.45. The molecule has 2 atom stereocenters. The number of nitrogens with one attached hydrogen (secondary N) is 1. The van der Waals surface area contributed by atoms with Gasteiger partial charge in [0.1, 0.15) is 0 Å². The molecule has 2 unspecified atom stereocenters. The molecule has 0 heterocycles. The highest BCUT2D eigenvalue weighted by Gasteiger charge is 2.51. The molecule has 0 amide bonds. The van der Waals surface area contributed by atoms with E-state index in [0.29, 0.717) is 17.4 Å². The molecule has 106 valence electrons. The average Bonchev–Trinajstić information content (AvgIpc) is 3.24. The summed E-state index contributed by atoms with van der Waals surface area (Å²) in [5.74, 6) is 0.641. The van der Waals surface area contributed by atoms with E-state index >= 15 is 0 Å². The van der Waals surface area contributed by atoms with Gasteiger partial charge in [-0.25, -0.2) is 0 Å². The zero-order chi connectivity index (χ0) is 13.7. The molecular weight excluding hydrogens is 234 g/mol. The van der Waals surface area contributed by atoms with Gasteiger partial charge in [-0.15, -0.1) is 0 Å². The molecule has 1 aliphatic carbocycles. The van der Waals surface area contributed by atoms with Gasteiger partial charge in [-0.05, 0) is 37.3 Å². The van der Waals surface area contributed by atoms with E-state index in [2.05, 4.69) is 49.5 Å². The van der Waals surface area contributed by atoms with Crippen LogP contribution in [-0.2, 0) is 10.2 Å². The van der Waals surface area contributed by atoms with Crippen molar-refractivity contribution in [1.29, 1.82) is 0 Å². The maximum Gasteiger partial charge on any atom is 0.0465 e. The number of hydrogen-bond donors (Lipinski definition) is 1. The van der Waals surface area contributed by atoms with E-state index in [4.69, 9.17) is 4.74 Å². The monoisotopic (exact) mass is 261 g/mol. The summed E-state index contributed by atoms with van der Waals surface area (Å²) in [6, 6.07) is 11.6. The summed E-state index contributed by atoms with van der Waals surface area (Å²) >= 11 is 0. The molecule has 1 fully saturated rings. The van der Waals surface area contributed by atoms with Crippen molar-refractivity contribution in [3.05, 3.63) is 35.9 Å². The van der Waals surface area contributed by atoms with E-state index in [1.54, 1.807) is 7.11 Å². The quantitative estimate of drug-likeness (QED) is 0.774. The normalized spacial score (nSPS) is 19.9. The number of hydrogen-bond acceptors (Lipinski definition) is 2. The van der Waals surface area contributed by atoms with Crippen molar-refractivity contribution in [2.75, 3.05) is 20.3 Å². The lowest BCUT2D eigenvalue weighted by Gasteiger charge is -2.33. The Bertz CT molecular complexity index is 372. The van der Waals surface area contributed by atoms with E-state index < -0.39 is 0 Å². The minimum Gasteiger partial charge on any atom is -0.385 e. The topological polar surface area (TPSA) is 21.3 Å². The van der Waals surface area contributed by atoms with E-state index in [9.17, 15) is 0 Å². The van der Waals surface area contributed by atoms with Crippen molar-refractivity contribution in [1.82, 2.24) is 5.32 Å². The van der Waals surface area contributed by atoms with Crippen molar-refractivity contribution < 1.29 is 4.74 Å². The summed E-state index contributed by atoms with van der Waals surface area (Å²) in [5, 5.41) is 3.74. The van der Waals surface area contributed by atoms with Crippen molar-refractivity contribution >= 4 is 0 Å². The predicted octanol–water partition coefficient (Wildman–Crippen LogP) is 3.37. The summed E-state index contributed by atoms with van der Waals surface area (Å²) in [7, 11) is 1.79. The third-order valence-electron chi connectivity index (χ3n) is 4.50. The molecule has 1 aromatic carbocycles. The van der Waals surface area contributed by atoms with Crippen LogP contribution in [0.3, 0.4) is 0 Å². The Kier molecular flexibility index (Phi) is 5.00. The van der Waals surface area contributed by atoms with Gasteiger partial charge in [-0.3, -0.25) is 0 Å². The van der Waals surface area contributed by atoms with Gasteiger partial charge >= 0.3 is 0 Å². The fourth-order valence-corrected chi connectivity index (χ4v) is 3.32. The third-order valence-corrected chi connectivity index (χ3v) is 4.50.